The summed E-state index contributed by atoms with van der Waals surface area (Å²) in [5.41, 5.74) is 1.18. The van der Waals surface area contributed by atoms with E-state index in [1.807, 2.05) is 0 Å². The van der Waals surface area contributed by atoms with E-state index in [1.54, 1.807) is 31.2 Å². The summed E-state index contributed by atoms with van der Waals surface area (Å²) in [5, 5.41) is 20.5. The molecule has 2 aromatic carbocycles. The summed E-state index contributed by atoms with van der Waals surface area (Å²) in [6.45, 7) is 1.88. The smallest absolute Gasteiger partial charge is 0.273 e. The first-order chi connectivity index (χ1) is 10.0. The van der Waals surface area contributed by atoms with Gasteiger partial charge < -0.3 is 14.6 Å². The maximum Gasteiger partial charge on any atom is 0.273 e. The molecule has 0 heterocycles. The number of aromatic hydroxyl groups is 1. The number of ether oxygens (including phenoxy) is 2. The molecule has 6 nitrogen and oxygen atoms in total. The van der Waals surface area contributed by atoms with Gasteiger partial charge in [0, 0.05) is 11.6 Å². The van der Waals surface area contributed by atoms with Gasteiger partial charge in [-0.05, 0) is 30.7 Å². The lowest BCUT2D eigenvalue weighted by molar-refractivity contribution is -0.385. The van der Waals surface area contributed by atoms with Crippen LogP contribution in [0.5, 0.6) is 17.2 Å². The van der Waals surface area contributed by atoms with Gasteiger partial charge in [-0.3, -0.25) is 10.1 Å². The first-order valence-corrected chi connectivity index (χ1v) is 6.25. The Morgan fingerprint density at radius 1 is 1.29 bits per heavy atom. The largest absolute Gasteiger partial charge is 0.508 e. The quantitative estimate of drug-likeness (QED) is 0.675. The summed E-state index contributed by atoms with van der Waals surface area (Å²) in [5.74, 6) is 1.07. The monoisotopic (exact) mass is 289 g/mol. The van der Waals surface area contributed by atoms with Crippen LogP contribution in [0, 0.1) is 17.0 Å². The number of non-ortho nitro benzene ring substituents is 1. The standard InChI is InChI=1S/C15H15NO5/c1-10-14(17)4-3-5-15(10)21-9-11-6-12(16(18)19)8-13(7-11)20-2/h3-8,17H,9H2,1-2H3. The van der Waals surface area contributed by atoms with Crippen molar-refractivity contribution in [1.29, 1.82) is 0 Å². The second kappa shape index (κ2) is 6.13. The molecule has 0 spiro atoms. The van der Waals surface area contributed by atoms with Gasteiger partial charge in [-0.25, -0.2) is 0 Å². The van der Waals surface area contributed by atoms with Crippen molar-refractivity contribution >= 4 is 5.69 Å². The SMILES string of the molecule is COc1cc(COc2cccc(O)c2C)cc([N+](=O)[O-])c1. The van der Waals surface area contributed by atoms with Crippen LogP contribution in [-0.2, 0) is 6.61 Å². The number of phenolic OH excluding ortho intramolecular Hbond substituents is 1. The van der Waals surface area contributed by atoms with Crippen molar-refractivity contribution in [1.82, 2.24) is 0 Å². The summed E-state index contributed by atoms with van der Waals surface area (Å²) < 4.78 is 10.6. The number of nitrogens with zero attached hydrogens (tertiary/aromatic N) is 1. The molecule has 2 aromatic rings. The van der Waals surface area contributed by atoms with Crippen molar-refractivity contribution < 1.29 is 19.5 Å². The summed E-state index contributed by atoms with van der Waals surface area (Å²) in [7, 11) is 1.45. The zero-order chi connectivity index (χ0) is 15.4. The molecule has 0 aliphatic rings. The van der Waals surface area contributed by atoms with Crippen molar-refractivity contribution in [3.05, 3.63) is 57.6 Å². The molecule has 0 bridgehead atoms. The maximum absolute atomic E-state index is 10.9. The molecule has 0 saturated carbocycles. The van der Waals surface area contributed by atoms with Gasteiger partial charge in [0.05, 0.1) is 18.1 Å². The first-order valence-electron chi connectivity index (χ1n) is 6.25. The zero-order valence-electron chi connectivity index (χ0n) is 11.7. The van der Waals surface area contributed by atoms with Crippen LogP contribution in [0.25, 0.3) is 0 Å². The minimum absolute atomic E-state index is 0.0550. The molecule has 0 aliphatic carbocycles. The van der Waals surface area contributed by atoms with Gasteiger partial charge in [0.25, 0.3) is 5.69 Å². The minimum Gasteiger partial charge on any atom is -0.508 e. The first kappa shape index (κ1) is 14.6. The number of rotatable bonds is 5. The van der Waals surface area contributed by atoms with Gasteiger partial charge in [0.1, 0.15) is 23.9 Å². The molecule has 0 saturated heterocycles. The minimum atomic E-state index is -0.481. The van der Waals surface area contributed by atoms with E-state index in [9.17, 15) is 15.2 Å². The van der Waals surface area contributed by atoms with Gasteiger partial charge in [-0.1, -0.05) is 6.07 Å². The number of hydrogen-bond donors (Lipinski definition) is 1. The highest BCUT2D eigenvalue weighted by Crippen LogP contribution is 2.28. The molecule has 6 heteroatoms. The highest BCUT2D eigenvalue weighted by atomic mass is 16.6. The van der Waals surface area contributed by atoms with Crippen LogP contribution < -0.4 is 9.47 Å². The second-order valence-electron chi connectivity index (χ2n) is 4.49. The van der Waals surface area contributed by atoms with Crippen molar-refractivity contribution in [3.63, 3.8) is 0 Å². The number of nitro benzene ring substituents is 1. The predicted molar refractivity (Wildman–Crippen MR) is 76.8 cm³/mol. The van der Waals surface area contributed by atoms with Crippen LogP contribution in [0.15, 0.2) is 36.4 Å². The Kier molecular flexibility index (Phi) is 4.27. The Morgan fingerprint density at radius 3 is 2.71 bits per heavy atom. The number of phenols is 1. The zero-order valence-corrected chi connectivity index (χ0v) is 11.7. The molecule has 0 atom stereocenters. The van der Waals surface area contributed by atoms with E-state index in [0.717, 1.165) is 0 Å². The summed E-state index contributed by atoms with van der Waals surface area (Å²) >= 11 is 0. The number of benzene rings is 2. The van der Waals surface area contributed by atoms with Crippen LogP contribution in [0.3, 0.4) is 0 Å². The second-order valence-corrected chi connectivity index (χ2v) is 4.49. The molecule has 0 fully saturated rings. The van der Waals surface area contributed by atoms with Gasteiger partial charge in [-0.2, -0.15) is 0 Å². The molecule has 0 radical (unpaired) electrons. The van der Waals surface area contributed by atoms with E-state index in [0.29, 0.717) is 22.6 Å². The number of nitro groups is 1. The van der Waals surface area contributed by atoms with Crippen molar-refractivity contribution in [2.75, 3.05) is 7.11 Å². The van der Waals surface area contributed by atoms with E-state index in [1.165, 1.54) is 19.2 Å². The van der Waals surface area contributed by atoms with Crippen LogP contribution >= 0.6 is 0 Å². The Labute approximate surface area is 121 Å². The summed E-state index contributed by atoms with van der Waals surface area (Å²) in [4.78, 5) is 10.4. The predicted octanol–water partition coefficient (Wildman–Crippen LogP) is 3.20. The molecule has 0 amide bonds. The lowest BCUT2D eigenvalue weighted by Gasteiger charge is -2.11. The van der Waals surface area contributed by atoms with Crippen LogP contribution in [0.1, 0.15) is 11.1 Å². The van der Waals surface area contributed by atoms with Crippen molar-refractivity contribution in [2.24, 2.45) is 0 Å². The summed E-state index contributed by atoms with van der Waals surface area (Å²) in [6.07, 6.45) is 0. The highest BCUT2D eigenvalue weighted by molar-refractivity contribution is 5.44. The van der Waals surface area contributed by atoms with Crippen LogP contribution in [0.4, 0.5) is 5.69 Å². The van der Waals surface area contributed by atoms with E-state index >= 15 is 0 Å². The van der Waals surface area contributed by atoms with Gasteiger partial charge >= 0.3 is 0 Å². The molecule has 21 heavy (non-hydrogen) atoms. The average Bonchev–Trinajstić information content (AvgIpc) is 2.48. The molecular formula is C15H15NO5. The Bertz CT molecular complexity index is 669. The molecule has 110 valence electrons. The number of methoxy groups -OCH3 is 1. The third-order valence-electron chi connectivity index (χ3n) is 3.05. The molecule has 0 aliphatic heterocycles. The van der Waals surface area contributed by atoms with Crippen LogP contribution in [0.2, 0.25) is 0 Å². The Hall–Kier alpha value is -2.76. The van der Waals surface area contributed by atoms with E-state index in [4.69, 9.17) is 9.47 Å². The van der Waals surface area contributed by atoms with E-state index in [2.05, 4.69) is 0 Å². The summed E-state index contributed by atoms with van der Waals surface area (Å²) in [6, 6.07) is 9.42. The maximum atomic E-state index is 10.9. The normalized spacial score (nSPS) is 10.2. The highest BCUT2D eigenvalue weighted by Gasteiger charge is 2.11. The molecular weight excluding hydrogens is 274 g/mol. The Balaban J connectivity index is 2.21. The third-order valence-corrected chi connectivity index (χ3v) is 3.05. The Morgan fingerprint density at radius 2 is 2.05 bits per heavy atom. The van der Waals surface area contributed by atoms with Gasteiger partial charge in [0.15, 0.2) is 0 Å². The lowest BCUT2D eigenvalue weighted by Crippen LogP contribution is -1.99. The fourth-order valence-corrected chi connectivity index (χ4v) is 1.87. The number of hydrogen-bond acceptors (Lipinski definition) is 5. The van der Waals surface area contributed by atoms with E-state index in [-0.39, 0.29) is 18.0 Å². The van der Waals surface area contributed by atoms with Gasteiger partial charge in [-0.15, -0.1) is 0 Å². The molecule has 1 N–H and O–H groups in total. The van der Waals surface area contributed by atoms with E-state index < -0.39 is 4.92 Å². The average molecular weight is 289 g/mol. The molecule has 2 rings (SSSR count). The van der Waals surface area contributed by atoms with Crippen LogP contribution in [-0.4, -0.2) is 17.1 Å². The van der Waals surface area contributed by atoms with Gasteiger partial charge in [0.2, 0.25) is 0 Å². The molecule has 0 aromatic heterocycles. The van der Waals surface area contributed by atoms with Crippen molar-refractivity contribution in [2.45, 2.75) is 13.5 Å². The fourth-order valence-electron chi connectivity index (χ4n) is 1.87. The lowest BCUT2D eigenvalue weighted by atomic mass is 10.2. The fraction of sp³-hybridized carbons (Fsp3) is 0.200. The topological polar surface area (TPSA) is 81.8 Å². The van der Waals surface area contributed by atoms with Crippen molar-refractivity contribution in [3.8, 4) is 17.2 Å². The molecule has 0 unspecified atom stereocenters. The third kappa shape index (κ3) is 3.42.